The van der Waals surface area contributed by atoms with Gasteiger partial charge in [-0.1, -0.05) is 41.4 Å². The molecule has 2 rings (SSSR count). The van der Waals surface area contributed by atoms with E-state index in [2.05, 4.69) is 0 Å². The second-order valence-corrected chi connectivity index (χ2v) is 5.99. The van der Waals surface area contributed by atoms with Crippen molar-refractivity contribution in [3.8, 4) is 11.8 Å². The highest BCUT2D eigenvalue weighted by Gasteiger charge is 2.24. The molecule has 2 aromatic rings. The molecule has 0 amide bonds. The van der Waals surface area contributed by atoms with Crippen LogP contribution in [0.5, 0.6) is 5.75 Å². The smallest absolute Gasteiger partial charge is 0.342 e. The lowest BCUT2D eigenvalue weighted by atomic mass is 10.2. The Balaban J connectivity index is 2.50. The van der Waals surface area contributed by atoms with E-state index in [-0.39, 0.29) is 26.3 Å². The Labute approximate surface area is 126 Å². The highest BCUT2D eigenvalue weighted by molar-refractivity contribution is 7.87. The Morgan fingerprint density at radius 3 is 2.20 bits per heavy atom. The van der Waals surface area contributed by atoms with Crippen molar-refractivity contribution in [2.45, 2.75) is 4.90 Å². The van der Waals surface area contributed by atoms with Crippen LogP contribution in [0.3, 0.4) is 0 Å². The fourth-order valence-corrected chi connectivity index (χ4v) is 3.56. The van der Waals surface area contributed by atoms with Gasteiger partial charge in [-0.25, -0.2) is 0 Å². The van der Waals surface area contributed by atoms with Crippen molar-refractivity contribution in [1.82, 2.24) is 0 Å². The molecule has 0 fully saturated rings. The SMILES string of the molecule is N#Cc1ccccc1OS(=O)(=O)c1c(Cl)cccc1Cl. The lowest BCUT2D eigenvalue weighted by Crippen LogP contribution is -2.11. The predicted octanol–water partition coefficient (Wildman–Crippen LogP) is 3.63. The standard InChI is InChI=1S/C13H7Cl2NO3S/c14-10-5-3-6-11(15)13(10)20(17,18)19-12-7-2-1-4-9(12)8-16/h1-7H. The lowest BCUT2D eigenvalue weighted by Gasteiger charge is -2.10. The molecule has 2 aromatic carbocycles. The topological polar surface area (TPSA) is 67.2 Å². The molecule has 20 heavy (non-hydrogen) atoms. The Bertz CT molecular complexity index is 777. The minimum atomic E-state index is -4.22. The first-order valence-electron chi connectivity index (χ1n) is 5.33. The Morgan fingerprint density at radius 1 is 1.00 bits per heavy atom. The summed E-state index contributed by atoms with van der Waals surface area (Å²) in [7, 11) is -4.22. The molecule has 0 saturated carbocycles. The van der Waals surface area contributed by atoms with E-state index in [1.54, 1.807) is 12.1 Å². The fraction of sp³-hybridized carbons (Fsp3) is 0. The number of para-hydroxylation sites is 1. The fourth-order valence-electron chi connectivity index (χ4n) is 1.51. The molecule has 0 radical (unpaired) electrons. The van der Waals surface area contributed by atoms with Crippen molar-refractivity contribution in [3.05, 3.63) is 58.1 Å². The third-order valence-corrected chi connectivity index (χ3v) is 4.57. The number of nitrogens with zero attached hydrogens (tertiary/aromatic N) is 1. The number of rotatable bonds is 3. The van der Waals surface area contributed by atoms with Crippen LogP contribution in [-0.2, 0) is 10.1 Å². The first-order chi connectivity index (χ1) is 9.45. The van der Waals surface area contributed by atoms with Gasteiger partial charge in [-0.3, -0.25) is 0 Å². The summed E-state index contributed by atoms with van der Waals surface area (Å²) >= 11 is 11.7. The van der Waals surface area contributed by atoms with Gasteiger partial charge < -0.3 is 4.18 Å². The minimum Gasteiger partial charge on any atom is -0.377 e. The second-order valence-electron chi connectivity index (χ2n) is 3.70. The first kappa shape index (κ1) is 14.7. The van der Waals surface area contributed by atoms with E-state index >= 15 is 0 Å². The van der Waals surface area contributed by atoms with Gasteiger partial charge in [0, 0.05) is 0 Å². The molecule has 102 valence electrons. The summed E-state index contributed by atoms with van der Waals surface area (Å²) in [6.45, 7) is 0. The summed E-state index contributed by atoms with van der Waals surface area (Å²) in [4.78, 5) is -0.323. The second kappa shape index (κ2) is 5.71. The molecule has 0 heterocycles. The molecule has 0 aliphatic carbocycles. The molecule has 0 atom stereocenters. The van der Waals surface area contributed by atoms with Gasteiger partial charge >= 0.3 is 10.1 Å². The molecule has 0 bridgehead atoms. The van der Waals surface area contributed by atoms with E-state index in [1.165, 1.54) is 30.3 Å². The summed E-state index contributed by atoms with van der Waals surface area (Å²) in [6, 6.07) is 12.1. The summed E-state index contributed by atoms with van der Waals surface area (Å²) < 4.78 is 29.4. The maximum atomic E-state index is 12.2. The molecule has 0 unspecified atom stereocenters. The van der Waals surface area contributed by atoms with Gasteiger partial charge in [0.2, 0.25) is 0 Å². The largest absolute Gasteiger partial charge is 0.377 e. The molecule has 0 aliphatic heterocycles. The number of benzene rings is 2. The number of hydrogen-bond acceptors (Lipinski definition) is 4. The van der Waals surface area contributed by atoms with Crippen LogP contribution in [0.15, 0.2) is 47.4 Å². The Hall–Kier alpha value is -1.74. The van der Waals surface area contributed by atoms with Crippen molar-refractivity contribution < 1.29 is 12.6 Å². The molecule has 0 N–H and O–H groups in total. The van der Waals surface area contributed by atoms with E-state index in [9.17, 15) is 8.42 Å². The summed E-state index contributed by atoms with van der Waals surface area (Å²) in [5.74, 6) is -0.0778. The van der Waals surface area contributed by atoms with Gasteiger partial charge in [-0.15, -0.1) is 0 Å². The molecule has 7 heteroatoms. The van der Waals surface area contributed by atoms with E-state index in [0.717, 1.165) is 0 Å². The van der Waals surface area contributed by atoms with Crippen LogP contribution < -0.4 is 4.18 Å². The molecule has 0 spiro atoms. The molecule has 0 saturated heterocycles. The highest BCUT2D eigenvalue weighted by Crippen LogP contribution is 2.31. The van der Waals surface area contributed by atoms with Crippen molar-refractivity contribution in [1.29, 1.82) is 5.26 Å². The van der Waals surface area contributed by atoms with Crippen molar-refractivity contribution in [3.63, 3.8) is 0 Å². The lowest BCUT2D eigenvalue weighted by molar-refractivity contribution is 0.485. The average molecular weight is 328 g/mol. The molecule has 0 aliphatic rings. The van der Waals surface area contributed by atoms with E-state index in [0.29, 0.717) is 0 Å². The number of halogens is 2. The van der Waals surface area contributed by atoms with Crippen LogP contribution in [-0.4, -0.2) is 8.42 Å². The van der Waals surface area contributed by atoms with Crippen molar-refractivity contribution >= 4 is 33.3 Å². The first-order valence-corrected chi connectivity index (χ1v) is 7.50. The molecule has 4 nitrogen and oxygen atoms in total. The zero-order chi connectivity index (χ0) is 14.8. The minimum absolute atomic E-state index is 0.0491. The maximum Gasteiger partial charge on any atom is 0.342 e. The van der Waals surface area contributed by atoms with Crippen LogP contribution in [0.4, 0.5) is 0 Å². The van der Waals surface area contributed by atoms with Gasteiger partial charge in [0.25, 0.3) is 0 Å². The molecule has 0 aromatic heterocycles. The Kier molecular flexibility index (Phi) is 4.19. The van der Waals surface area contributed by atoms with Gasteiger partial charge in [-0.05, 0) is 24.3 Å². The van der Waals surface area contributed by atoms with Crippen molar-refractivity contribution in [2.75, 3.05) is 0 Å². The quantitative estimate of drug-likeness (QED) is 0.807. The van der Waals surface area contributed by atoms with Gasteiger partial charge in [-0.2, -0.15) is 13.7 Å². The number of hydrogen-bond donors (Lipinski definition) is 0. The van der Waals surface area contributed by atoms with Crippen LogP contribution in [0.1, 0.15) is 5.56 Å². The zero-order valence-electron chi connectivity index (χ0n) is 9.88. The van der Waals surface area contributed by atoms with E-state index in [1.807, 2.05) is 6.07 Å². The highest BCUT2D eigenvalue weighted by atomic mass is 35.5. The van der Waals surface area contributed by atoms with Gasteiger partial charge in [0.05, 0.1) is 15.6 Å². The van der Waals surface area contributed by atoms with E-state index < -0.39 is 10.1 Å². The summed E-state index contributed by atoms with van der Waals surface area (Å²) in [6.07, 6.45) is 0. The third-order valence-electron chi connectivity index (χ3n) is 2.38. The maximum absolute atomic E-state index is 12.2. The predicted molar refractivity (Wildman–Crippen MR) is 75.4 cm³/mol. The third kappa shape index (κ3) is 2.88. The van der Waals surface area contributed by atoms with Crippen LogP contribution >= 0.6 is 23.2 Å². The van der Waals surface area contributed by atoms with Gasteiger partial charge in [0.1, 0.15) is 11.0 Å². The van der Waals surface area contributed by atoms with Crippen LogP contribution in [0.25, 0.3) is 0 Å². The number of nitriles is 1. The summed E-state index contributed by atoms with van der Waals surface area (Å²) in [5.41, 5.74) is 0.0965. The summed E-state index contributed by atoms with van der Waals surface area (Å²) in [5, 5.41) is 8.82. The molecular weight excluding hydrogens is 321 g/mol. The molecular formula is C13H7Cl2NO3S. The zero-order valence-corrected chi connectivity index (χ0v) is 12.2. The normalized spacial score (nSPS) is 10.8. The van der Waals surface area contributed by atoms with E-state index in [4.69, 9.17) is 32.6 Å². The Morgan fingerprint density at radius 2 is 1.60 bits per heavy atom. The average Bonchev–Trinajstić information content (AvgIpc) is 2.38. The van der Waals surface area contributed by atoms with Gasteiger partial charge in [0.15, 0.2) is 5.75 Å². The monoisotopic (exact) mass is 327 g/mol. The van der Waals surface area contributed by atoms with Crippen LogP contribution in [0, 0.1) is 11.3 Å². The van der Waals surface area contributed by atoms with Crippen LogP contribution in [0.2, 0.25) is 10.0 Å². The van der Waals surface area contributed by atoms with Crippen molar-refractivity contribution in [2.24, 2.45) is 0 Å².